The summed E-state index contributed by atoms with van der Waals surface area (Å²) in [5.74, 6) is -1.00. The number of esters is 1. The lowest BCUT2D eigenvalue weighted by Crippen LogP contribution is -2.14. The Morgan fingerprint density at radius 3 is 2.35 bits per heavy atom. The zero-order valence-corrected chi connectivity index (χ0v) is 14.1. The second-order valence-electron chi connectivity index (χ2n) is 4.78. The van der Waals surface area contributed by atoms with Gasteiger partial charge in [0.05, 0.1) is 18.4 Å². The smallest absolute Gasteiger partial charge is 0.337 e. The maximum Gasteiger partial charge on any atom is 0.337 e. The largest absolute Gasteiger partial charge is 0.465 e. The number of Topliss-reactive ketones (excluding diaryl/α,β-unsaturated/α-hetero) is 1. The van der Waals surface area contributed by atoms with Crippen molar-refractivity contribution in [3.8, 4) is 0 Å². The van der Waals surface area contributed by atoms with Gasteiger partial charge in [-0.15, -0.1) is 0 Å². The molecule has 0 aromatic heterocycles. The van der Waals surface area contributed by atoms with Crippen molar-refractivity contribution >= 4 is 39.3 Å². The summed E-state index contributed by atoms with van der Waals surface area (Å²) >= 11 is 3.33. The van der Waals surface area contributed by atoms with Gasteiger partial charge in [0, 0.05) is 15.6 Å². The summed E-state index contributed by atoms with van der Waals surface area (Å²) in [6.07, 6.45) is 0. The zero-order valence-electron chi connectivity index (χ0n) is 12.6. The number of anilines is 1. The Balaban J connectivity index is 2.27. The van der Waals surface area contributed by atoms with Gasteiger partial charge in [-0.1, -0.05) is 12.1 Å². The Kier molecular flexibility index (Phi) is 5.28. The average Bonchev–Trinajstić information content (AvgIpc) is 2.55. The summed E-state index contributed by atoms with van der Waals surface area (Å²) in [6, 6.07) is 11.1. The van der Waals surface area contributed by atoms with E-state index in [2.05, 4.69) is 26.0 Å². The van der Waals surface area contributed by atoms with E-state index < -0.39 is 11.9 Å². The second kappa shape index (κ2) is 7.19. The Bertz CT molecular complexity index is 786. The zero-order chi connectivity index (χ0) is 17.0. The molecule has 0 atom stereocenters. The van der Waals surface area contributed by atoms with Gasteiger partial charge < -0.3 is 10.1 Å². The first-order chi connectivity index (χ1) is 10.9. The van der Waals surface area contributed by atoms with Crippen molar-refractivity contribution in [3.63, 3.8) is 0 Å². The molecule has 5 nitrogen and oxygen atoms in total. The van der Waals surface area contributed by atoms with E-state index in [-0.39, 0.29) is 11.3 Å². The maximum absolute atomic E-state index is 12.3. The maximum atomic E-state index is 12.3. The van der Waals surface area contributed by atoms with Crippen LogP contribution in [0.4, 0.5) is 5.69 Å². The fourth-order valence-electron chi connectivity index (χ4n) is 1.94. The van der Waals surface area contributed by atoms with E-state index in [1.54, 1.807) is 36.4 Å². The number of methoxy groups -OCH3 is 1. The van der Waals surface area contributed by atoms with E-state index in [0.717, 1.165) is 0 Å². The van der Waals surface area contributed by atoms with Crippen LogP contribution in [0.5, 0.6) is 0 Å². The van der Waals surface area contributed by atoms with Crippen LogP contribution in [0, 0.1) is 0 Å². The lowest BCUT2D eigenvalue weighted by Gasteiger charge is -2.09. The normalized spacial score (nSPS) is 10.0. The molecule has 0 bridgehead atoms. The van der Waals surface area contributed by atoms with Crippen LogP contribution in [0.25, 0.3) is 0 Å². The van der Waals surface area contributed by atoms with Crippen LogP contribution in [0.1, 0.15) is 38.0 Å². The molecular formula is C17H14BrNO4. The number of benzene rings is 2. The van der Waals surface area contributed by atoms with Crippen molar-refractivity contribution in [1.82, 2.24) is 0 Å². The fraction of sp³-hybridized carbons (Fsp3) is 0.118. The lowest BCUT2D eigenvalue weighted by molar-refractivity contribution is 0.0600. The van der Waals surface area contributed by atoms with Crippen LogP contribution in [-0.4, -0.2) is 24.8 Å². The first kappa shape index (κ1) is 16.9. The van der Waals surface area contributed by atoms with Crippen LogP contribution in [0.2, 0.25) is 0 Å². The molecule has 0 aliphatic carbocycles. The Hall–Kier alpha value is -2.47. The molecule has 1 N–H and O–H groups in total. The molecule has 2 aromatic rings. The van der Waals surface area contributed by atoms with Crippen LogP contribution >= 0.6 is 15.9 Å². The average molecular weight is 376 g/mol. The molecule has 2 aromatic carbocycles. The summed E-state index contributed by atoms with van der Waals surface area (Å²) in [5.41, 5.74) is 1.57. The molecule has 6 heteroatoms. The molecule has 0 unspecified atom stereocenters. The van der Waals surface area contributed by atoms with Crippen LogP contribution in [0.3, 0.4) is 0 Å². The van der Waals surface area contributed by atoms with Gasteiger partial charge >= 0.3 is 5.97 Å². The summed E-state index contributed by atoms with van der Waals surface area (Å²) in [6.45, 7) is 1.45. The Morgan fingerprint density at radius 2 is 1.70 bits per heavy atom. The first-order valence-electron chi connectivity index (χ1n) is 6.72. The number of nitrogens with one attached hydrogen (secondary N) is 1. The molecule has 0 aliphatic rings. The molecule has 1 amide bonds. The number of hydrogen-bond donors (Lipinski definition) is 1. The predicted octanol–water partition coefficient (Wildman–Crippen LogP) is 3.69. The number of ether oxygens (including phenoxy) is 1. The molecule has 0 spiro atoms. The van der Waals surface area contributed by atoms with Crippen LogP contribution in [-0.2, 0) is 4.74 Å². The molecule has 0 fully saturated rings. The Morgan fingerprint density at radius 1 is 1.00 bits per heavy atom. The molecule has 0 heterocycles. The third-order valence-electron chi connectivity index (χ3n) is 3.17. The number of amides is 1. The molecule has 0 radical (unpaired) electrons. The molecule has 0 saturated carbocycles. The minimum absolute atomic E-state index is 0.0966. The number of carbonyl (C=O) groups is 3. The molecule has 2 rings (SSSR count). The topological polar surface area (TPSA) is 72.5 Å². The minimum Gasteiger partial charge on any atom is -0.465 e. The highest BCUT2D eigenvalue weighted by Crippen LogP contribution is 2.24. The van der Waals surface area contributed by atoms with E-state index in [4.69, 9.17) is 0 Å². The van der Waals surface area contributed by atoms with Gasteiger partial charge in [0.2, 0.25) is 0 Å². The van der Waals surface area contributed by atoms with E-state index in [9.17, 15) is 14.4 Å². The van der Waals surface area contributed by atoms with E-state index in [1.807, 2.05) is 0 Å². The van der Waals surface area contributed by atoms with Gasteiger partial charge in [-0.25, -0.2) is 4.79 Å². The number of ketones is 1. The third-order valence-corrected chi connectivity index (χ3v) is 3.86. The van der Waals surface area contributed by atoms with Crippen molar-refractivity contribution in [2.75, 3.05) is 12.4 Å². The summed E-state index contributed by atoms with van der Waals surface area (Å²) in [5, 5.41) is 2.72. The Labute approximate surface area is 141 Å². The quantitative estimate of drug-likeness (QED) is 0.653. The SMILES string of the molecule is COC(=O)c1cccc(C(=O)Nc2cc(C(C)=O)ccc2Br)c1. The molecule has 0 saturated heterocycles. The fourth-order valence-corrected chi connectivity index (χ4v) is 2.29. The van der Waals surface area contributed by atoms with Crippen molar-refractivity contribution in [1.29, 1.82) is 0 Å². The lowest BCUT2D eigenvalue weighted by atomic mass is 10.1. The second-order valence-corrected chi connectivity index (χ2v) is 5.63. The van der Waals surface area contributed by atoms with Gasteiger partial charge in [-0.2, -0.15) is 0 Å². The van der Waals surface area contributed by atoms with Gasteiger partial charge in [-0.3, -0.25) is 9.59 Å². The highest BCUT2D eigenvalue weighted by Gasteiger charge is 2.13. The number of rotatable bonds is 4. The minimum atomic E-state index is -0.514. The first-order valence-corrected chi connectivity index (χ1v) is 7.52. The number of halogens is 1. The highest BCUT2D eigenvalue weighted by molar-refractivity contribution is 9.10. The summed E-state index contributed by atoms with van der Waals surface area (Å²) < 4.78 is 5.29. The molecular weight excluding hydrogens is 362 g/mol. The molecule has 118 valence electrons. The van der Waals surface area contributed by atoms with Crippen LogP contribution in [0.15, 0.2) is 46.9 Å². The monoisotopic (exact) mass is 375 g/mol. The van der Waals surface area contributed by atoms with Crippen molar-refractivity contribution in [2.45, 2.75) is 6.92 Å². The van der Waals surface area contributed by atoms with E-state index in [0.29, 0.717) is 21.3 Å². The number of carbonyl (C=O) groups excluding carboxylic acids is 3. The van der Waals surface area contributed by atoms with Crippen molar-refractivity contribution < 1.29 is 19.1 Å². The van der Waals surface area contributed by atoms with Gasteiger partial charge in [0.15, 0.2) is 5.78 Å². The van der Waals surface area contributed by atoms with Gasteiger partial charge in [-0.05, 0) is 53.2 Å². The third kappa shape index (κ3) is 4.04. The van der Waals surface area contributed by atoms with Crippen LogP contribution < -0.4 is 5.32 Å². The molecule has 0 aliphatic heterocycles. The highest BCUT2D eigenvalue weighted by atomic mass is 79.9. The standard InChI is InChI=1S/C17H14BrNO4/c1-10(20)11-6-7-14(18)15(9-11)19-16(21)12-4-3-5-13(8-12)17(22)23-2/h3-9H,1-2H3,(H,19,21). The van der Waals surface area contributed by atoms with Crippen molar-refractivity contribution in [2.24, 2.45) is 0 Å². The van der Waals surface area contributed by atoms with E-state index in [1.165, 1.54) is 20.1 Å². The number of hydrogen-bond acceptors (Lipinski definition) is 4. The van der Waals surface area contributed by atoms with Gasteiger partial charge in [0.1, 0.15) is 0 Å². The molecule has 23 heavy (non-hydrogen) atoms. The van der Waals surface area contributed by atoms with Crippen molar-refractivity contribution in [3.05, 3.63) is 63.6 Å². The summed E-state index contributed by atoms with van der Waals surface area (Å²) in [4.78, 5) is 35.3. The predicted molar refractivity (Wildman–Crippen MR) is 89.9 cm³/mol. The van der Waals surface area contributed by atoms with E-state index >= 15 is 0 Å². The van der Waals surface area contributed by atoms with Gasteiger partial charge in [0.25, 0.3) is 5.91 Å². The summed E-state index contributed by atoms with van der Waals surface area (Å²) in [7, 11) is 1.28.